The zero-order valence-corrected chi connectivity index (χ0v) is 20.4. The lowest BCUT2D eigenvalue weighted by Gasteiger charge is -2.27. The van der Waals surface area contributed by atoms with Crippen molar-refractivity contribution in [1.29, 1.82) is 0 Å². The highest BCUT2D eigenvalue weighted by Gasteiger charge is 2.31. The summed E-state index contributed by atoms with van der Waals surface area (Å²) in [5.41, 5.74) is -1.85. The predicted molar refractivity (Wildman–Crippen MR) is 133 cm³/mol. The smallest absolute Gasteiger partial charge is 0.351 e. The number of hydrogen-bond donors (Lipinski definition) is 3. The first-order valence-corrected chi connectivity index (χ1v) is 12.0. The molecule has 1 heterocycles. The fraction of sp³-hybridized carbons (Fsp3) is 0.308. The van der Waals surface area contributed by atoms with Gasteiger partial charge < -0.3 is 10.6 Å². The van der Waals surface area contributed by atoms with Crippen LogP contribution in [0, 0.1) is 0 Å². The van der Waals surface area contributed by atoms with Crippen LogP contribution in [0.3, 0.4) is 0 Å². The summed E-state index contributed by atoms with van der Waals surface area (Å²) in [6, 6.07) is 9.50. The Morgan fingerprint density at radius 2 is 1.46 bits per heavy atom. The molecule has 0 unspecified atom stereocenters. The lowest BCUT2D eigenvalue weighted by atomic mass is 9.91. The van der Waals surface area contributed by atoms with Crippen LogP contribution in [-0.4, -0.2) is 33.9 Å². The van der Waals surface area contributed by atoms with E-state index in [1.165, 1.54) is 12.1 Å². The average molecular weight is 551 g/mol. The fourth-order valence-corrected chi connectivity index (χ4v) is 4.08. The third-order valence-corrected chi connectivity index (χ3v) is 6.07. The molecule has 3 N–H and O–H groups in total. The molecule has 0 aliphatic heterocycles. The number of nitrogens with zero attached hydrogens (tertiary/aromatic N) is 3. The minimum Gasteiger partial charge on any atom is -0.351 e. The third-order valence-electron chi connectivity index (χ3n) is 6.07. The molecule has 0 radical (unpaired) electrons. The number of benzene rings is 2. The summed E-state index contributed by atoms with van der Waals surface area (Å²) in [6.07, 6.45) is -3.28. The van der Waals surface area contributed by atoms with Crippen molar-refractivity contribution in [1.82, 2.24) is 15.3 Å². The molecule has 0 atom stereocenters. The third kappa shape index (κ3) is 7.91. The normalized spacial score (nSPS) is 18.4. The minimum absolute atomic E-state index is 0.0351. The SMILES string of the molecule is O=C(NC(=NC1CCC(Nc2ncccn2)CC1)Nc1cccc(C(F)(F)F)c1)c1ccc(C(F)(F)F)cc1. The van der Waals surface area contributed by atoms with E-state index in [2.05, 4.69) is 30.9 Å². The minimum atomic E-state index is -4.58. The molecule has 1 aliphatic rings. The molecular weight excluding hydrogens is 526 g/mol. The van der Waals surface area contributed by atoms with E-state index in [1.54, 1.807) is 18.5 Å². The molecule has 4 rings (SSSR count). The lowest BCUT2D eigenvalue weighted by Crippen LogP contribution is -2.38. The maximum Gasteiger partial charge on any atom is 0.416 e. The van der Waals surface area contributed by atoms with Gasteiger partial charge in [0, 0.05) is 29.7 Å². The van der Waals surface area contributed by atoms with E-state index in [-0.39, 0.29) is 29.3 Å². The summed E-state index contributed by atoms with van der Waals surface area (Å²) < 4.78 is 78.2. The van der Waals surface area contributed by atoms with E-state index in [9.17, 15) is 31.1 Å². The Bertz CT molecular complexity index is 1290. The number of aromatic nitrogens is 2. The zero-order chi connectivity index (χ0) is 28.0. The van der Waals surface area contributed by atoms with Crippen molar-refractivity contribution >= 4 is 23.5 Å². The second-order valence-electron chi connectivity index (χ2n) is 8.93. The summed E-state index contributed by atoms with van der Waals surface area (Å²) in [4.78, 5) is 25.6. The number of halogens is 6. The van der Waals surface area contributed by atoms with Crippen molar-refractivity contribution in [3.63, 3.8) is 0 Å². The number of hydrogen-bond acceptors (Lipinski definition) is 5. The molecule has 1 amide bonds. The monoisotopic (exact) mass is 550 g/mol. The van der Waals surface area contributed by atoms with Gasteiger partial charge in [0.2, 0.25) is 11.9 Å². The number of carbonyl (C=O) groups excluding carboxylic acids is 1. The van der Waals surface area contributed by atoms with Crippen molar-refractivity contribution in [2.75, 3.05) is 10.6 Å². The van der Waals surface area contributed by atoms with E-state index in [0.717, 1.165) is 36.4 Å². The number of aliphatic imine (C=N–C) groups is 1. The zero-order valence-electron chi connectivity index (χ0n) is 20.4. The largest absolute Gasteiger partial charge is 0.416 e. The van der Waals surface area contributed by atoms with Crippen molar-refractivity contribution in [3.05, 3.63) is 83.7 Å². The molecule has 0 saturated heterocycles. The topological polar surface area (TPSA) is 91.3 Å². The second kappa shape index (κ2) is 11.7. The Kier molecular flexibility index (Phi) is 8.36. The molecule has 2 aromatic carbocycles. The van der Waals surface area contributed by atoms with Crippen LogP contribution in [0.1, 0.15) is 47.2 Å². The van der Waals surface area contributed by atoms with E-state index in [4.69, 9.17) is 0 Å². The number of rotatable bonds is 5. The number of guanidine groups is 1. The standard InChI is InChI=1S/C26H24F6N6O/c27-25(28,29)17-7-5-16(6-8-17)22(39)38-24(37-21-4-1-3-18(15-21)26(30,31)32)36-20-11-9-19(10-12-20)35-23-33-13-2-14-34-23/h1-8,13-15,19-20H,9-12H2,(H,33,34,35)(H2,36,37,38,39). The Labute approximate surface area is 219 Å². The van der Waals surface area contributed by atoms with Crippen molar-refractivity contribution < 1.29 is 31.1 Å². The first-order chi connectivity index (χ1) is 18.5. The van der Waals surface area contributed by atoms with Gasteiger partial charge in [0.15, 0.2) is 0 Å². The van der Waals surface area contributed by atoms with E-state index in [1.807, 2.05) is 0 Å². The Morgan fingerprint density at radius 3 is 2.08 bits per heavy atom. The summed E-state index contributed by atoms with van der Waals surface area (Å²) in [5.74, 6) is -0.374. The highest BCUT2D eigenvalue weighted by molar-refractivity contribution is 6.10. The van der Waals surface area contributed by atoms with E-state index in [0.29, 0.717) is 31.6 Å². The van der Waals surface area contributed by atoms with Crippen molar-refractivity contribution in [2.45, 2.75) is 50.1 Å². The van der Waals surface area contributed by atoms with Gasteiger partial charge >= 0.3 is 12.4 Å². The van der Waals surface area contributed by atoms with Gasteiger partial charge in [-0.05, 0) is 74.2 Å². The van der Waals surface area contributed by atoms with Crippen LogP contribution in [0.15, 0.2) is 72.0 Å². The number of nitrogens with one attached hydrogen (secondary N) is 3. The van der Waals surface area contributed by atoms with Crippen LogP contribution in [0.4, 0.5) is 38.0 Å². The molecule has 1 aromatic heterocycles. The van der Waals surface area contributed by atoms with Gasteiger partial charge in [0.25, 0.3) is 5.91 Å². The first kappa shape index (κ1) is 27.9. The average Bonchev–Trinajstić information content (AvgIpc) is 2.89. The quantitative estimate of drug-likeness (QED) is 0.202. The Morgan fingerprint density at radius 1 is 0.821 bits per heavy atom. The maximum absolute atomic E-state index is 13.2. The van der Waals surface area contributed by atoms with Crippen LogP contribution < -0.4 is 16.0 Å². The summed E-state index contributed by atoms with van der Waals surface area (Å²) in [5, 5.41) is 8.47. The van der Waals surface area contributed by atoms with Gasteiger partial charge in [-0.25, -0.2) is 15.0 Å². The van der Waals surface area contributed by atoms with Gasteiger partial charge in [0.05, 0.1) is 17.2 Å². The molecule has 1 aliphatic carbocycles. The first-order valence-electron chi connectivity index (χ1n) is 12.0. The number of alkyl halides is 6. The van der Waals surface area contributed by atoms with Crippen LogP contribution >= 0.6 is 0 Å². The van der Waals surface area contributed by atoms with E-state index >= 15 is 0 Å². The lowest BCUT2D eigenvalue weighted by molar-refractivity contribution is -0.138. The summed E-state index contributed by atoms with van der Waals surface area (Å²) in [7, 11) is 0. The molecular formula is C26H24F6N6O. The molecule has 206 valence electrons. The van der Waals surface area contributed by atoms with Gasteiger partial charge in [-0.1, -0.05) is 6.07 Å². The van der Waals surface area contributed by atoms with Gasteiger partial charge in [-0.15, -0.1) is 0 Å². The maximum atomic E-state index is 13.2. The fourth-order valence-electron chi connectivity index (χ4n) is 4.08. The summed E-state index contributed by atoms with van der Waals surface area (Å²) in [6.45, 7) is 0. The molecule has 7 nitrogen and oxygen atoms in total. The molecule has 0 bridgehead atoms. The van der Waals surface area contributed by atoms with Crippen LogP contribution in [-0.2, 0) is 12.4 Å². The molecule has 0 spiro atoms. The van der Waals surface area contributed by atoms with Crippen LogP contribution in [0.2, 0.25) is 0 Å². The van der Waals surface area contributed by atoms with Gasteiger partial charge in [0.1, 0.15) is 0 Å². The van der Waals surface area contributed by atoms with Gasteiger partial charge in [-0.3, -0.25) is 10.1 Å². The van der Waals surface area contributed by atoms with E-state index < -0.39 is 29.4 Å². The molecule has 1 fully saturated rings. The molecule has 13 heteroatoms. The van der Waals surface area contributed by atoms with Crippen molar-refractivity contribution in [2.24, 2.45) is 4.99 Å². The summed E-state index contributed by atoms with van der Waals surface area (Å²) >= 11 is 0. The van der Waals surface area contributed by atoms with Crippen LogP contribution in [0.5, 0.6) is 0 Å². The Balaban J connectivity index is 1.50. The number of carbonyl (C=O) groups is 1. The highest BCUT2D eigenvalue weighted by Crippen LogP contribution is 2.31. The van der Waals surface area contributed by atoms with Crippen LogP contribution in [0.25, 0.3) is 0 Å². The van der Waals surface area contributed by atoms with Crippen molar-refractivity contribution in [3.8, 4) is 0 Å². The molecule has 1 saturated carbocycles. The van der Waals surface area contributed by atoms with Gasteiger partial charge in [-0.2, -0.15) is 26.3 Å². The number of amides is 1. The second-order valence-corrected chi connectivity index (χ2v) is 8.93. The predicted octanol–water partition coefficient (Wildman–Crippen LogP) is 6.14. The molecule has 39 heavy (non-hydrogen) atoms. The Hall–Kier alpha value is -4.16. The number of anilines is 2. The highest BCUT2D eigenvalue weighted by atomic mass is 19.4. The molecule has 3 aromatic rings.